The molecule has 20 heavy (non-hydrogen) atoms. The number of nitriles is 1. The molecule has 0 saturated carbocycles. The Labute approximate surface area is 121 Å². The Balaban J connectivity index is 1.77. The highest BCUT2D eigenvalue weighted by molar-refractivity contribution is 5.38. The van der Waals surface area contributed by atoms with Crippen molar-refractivity contribution in [2.75, 3.05) is 13.2 Å². The monoisotopic (exact) mass is 272 g/mol. The summed E-state index contributed by atoms with van der Waals surface area (Å²) in [6.07, 6.45) is 5.34. The summed E-state index contributed by atoms with van der Waals surface area (Å²) >= 11 is 0. The number of fused-ring (bicyclic) bond motifs is 1. The van der Waals surface area contributed by atoms with Crippen LogP contribution >= 0.6 is 0 Å². The van der Waals surface area contributed by atoms with Crippen molar-refractivity contribution in [3.63, 3.8) is 0 Å². The van der Waals surface area contributed by atoms with E-state index >= 15 is 0 Å². The van der Waals surface area contributed by atoms with Gasteiger partial charge in [-0.3, -0.25) is 5.32 Å². The number of benzene rings is 1. The maximum Gasteiger partial charge on any atom is 0.119 e. The number of aryl methyl sites for hydroxylation is 2. The van der Waals surface area contributed by atoms with Crippen LogP contribution in [0.15, 0.2) is 18.2 Å². The van der Waals surface area contributed by atoms with E-state index in [1.165, 1.54) is 30.4 Å². The smallest absolute Gasteiger partial charge is 0.119 e. The van der Waals surface area contributed by atoms with Crippen LogP contribution in [0.1, 0.15) is 44.2 Å². The van der Waals surface area contributed by atoms with Crippen molar-refractivity contribution >= 4 is 0 Å². The molecule has 0 spiro atoms. The van der Waals surface area contributed by atoms with Crippen LogP contribution in [0.2, 0.25) is 0 Å². The van der Waals surface area contributed by atoms with Gasteiger partial charge in [-0.05, 0) is 68.8 Å². The molecule has 0 radical (unpaired) electrons. The van der Waals surface area contributed by atoms with Crippen LogP contribution in [0.4, 0.5) is 0 Å². The topological polar surface area (TPSA) is 45.0 Å². The average Bonchev–Trinajstić information content (AvgIpc) is 2.91. The second kappa shape index (κ2) is 6.76. The van der Waals surface area contributed by atoms with Crippen molar-refractivity contribution in [1.29, 1.82) is 5.26 Å². The van der Waals surface area contributed by atoms with E-state index < -0.39 is 5.54 Å². The Hall–Kier alpha value is -1.53. The van der Waals surface area contributed by atoms with Gasteiger partial charge in [-0.1, -0.05) is 13.0 Å². The van der Waals surface area contributed by atoms with Crippen LogP contribution in [0, 0.1) is 11.3 Å². The largest absolute Gasteiger partial charge is 0.494 e. The Bertz CT molecular complexity index is 492. The van der Waals surface area contributed by atoms with E-state index in [-0.39, 0.29) is 0 Å². The molecule has 2 rings (SSSR count). The predicted octanol–water partition coefficient (Wildman–Crippen LogP) is 3.23. The highest BCUT2D eigenvalue weighted by Crippen LogP contribution is 2.26. The zero-order valence-corrected chi connectivity index (χ0v) is 12.5. The van der Waals surface area contributed by atoms with E-state index in [1.54, 1.807) is 0 Å². The summed E-state index contributed by atoms with van der Waals surface area (Å²) < 4.78 is 5.81. The number of nitrogens with one attached hydrogen (secondary N) is 1. The van der Waals surface area contributed by atoms with Gasteiger partial charge in [0.1, 0.15) is 11.3 Å². The zero-order chi connectivity index (χ0) is 14.4. The van der Waals surface area contributed by atoms with Crippen LogP contribution in [0.3, 0.4) is 0 Å². The minimum atomic E-state index is -0.434. The van der Waals surface area contributed by atoms with E-state index in [2.05, 4.69) is 29.6 Å². The first-order chi connectivity index (χ1) is 9.67. The van der Waals surface area contributed by atoms with E-state index in [1.807, 2.05) is 13.8 Å². The molecule has 0 fully saturated rings. The molecule has 1 aliphatic rings. The molecule has 0 amide bonds. The van der Waals surface area contributed by atoms with Gasteiger partial charge in [0.2, 0.25) is 0 Å². The van der Waals surface area contributed by atoms with Crippen LogP contribution in [0.5, 0.6) is 5.75 Å². The molecule has 1 N–H and O–H groups in total. The first kappa shape index (κ1) is 14.9. The van der Waals surface area contributed by atoms with Gasteiger partial charge in [-0.15, -0.1) is 0 Å². The van der Waals surface area contributed by atoms with Gasteiger partial charge in [0.15, 0.2) is 0 Å². The Morgan fingerprint density at radius 3 is 2.90 bits per heavy atom. The lowest BCUT2D eigenvalue weighted by Gasteiger charge is -2.22. The van der Waals surface area contributed by atoms with Crippen molar-refractivity contribution in [2.24, 2.45) is 0 Å². The maximum absolute atomic E-state index is 9.19. The quantitative estimate of drug-likeness (QED) is 0.775. The lowest BCUT2D eigenvalue weighted by Crippen LogP contribution is -2.40. The molecular weight excluding hydrogens is 248 g/mol. The third-order valence-corrected chi connectivity index (χ3v) is 3.97. The van der Waals surface area contributed by atoms with E-state index in [4.69, 9.17) is 4.74 Å². The zero-order valence-electron chi connectivity index (χ0n) is 12.5. The van der Waals surface area contributed by atoms with Gasteiger partial charge < -0.3 is 4.74 Å². The van der Waals surface area contributed by atoms with Gasteiger partial charge in [-0.2, -0.15) is 5.26 Å². The van der Waals surface area contributed by atoms with Gasteiger partial charge in [-0.25, -0.2) is 0 Å². The van der Waals surface area contributed by atoms with Crippen molar-refractivity contribution in [1.82, 2.24) is 5.32 Å². The van der Waals surface area contributed by atoms with Gasteiger partial charge in [0.25, 0.3) is 0 Å². The number of hydrogen-bond acceptors (Lipinski definition) is 3. The molecule has 3 nitrogen and oxygen atoms in total. The first-order valence-electron chi connectivity index (χ1n) is 7.58. The summed E-state index contributed by atoms with van der Waals surface area (Å²) in [6, 6.07) is 8.78. The summed E-state index contributed by atoms with van der Waals surface area (Å²) in [6.45, 7) is 5.46. The lowest BCUT2D eigenvalue weighted by atomic mass is 9.98. The molecule has 0 aliphatic heterocycles. The molecule has 1 aliphatic carbocycles. The van der Waals surface area contributed by atoms with Crippen molar-refractivity contribution in [3.8, 4) is 11.8 Å². The fourth-order valence-corrected chi connectivity index (χ4v) is 2.83. The fourth-order valence-electron chi connectivity index (χ4n) is 2.83. The van der Waals surface area contributed by atoms with E-state index in [0.29, 0.717) is 6.61 Å². The van der Waals surface area contributed by atoms with Gasteiger partial charge in [0.05, 0.1) is 12.7 Å². The maximum atomic E-state index is 9.19. The molecule has 0 bridgehead atoms. The predicted molar refractivity (Wildman–Crippen MR) is 80.9 cm³/mol. The number of rotatable bonds is 7. The molecule has 108 valence electrons. The third kappa shape index (κ3) is 3.74. The first-order valence-corrected chi connectivity index (χ1v) is 7.58. The number of hydrogen-bond donors (Lipinski definition) is 1. The summed E-state index contributed by atoms with van der Waals surface area (Å²) in [4.78, 5) is 0. The molecule has 0 aromatic heterocycles. The summed E-state index contributed by atoms with van der Waals surface area (Å²) in [5, 5.41) is 12.4. The Kier molecular flexibility index (Phi) is 5.03. The van der Waals surface area contributed by atoms with Crippen molar-refractivity contribution < 1.29 is 4.74 Å². The Morgan fingerprint density at radius 1 is 1.35 bits per heavy atom. The second-order valence-electron chi connectivity index (χ2n) is 5.71. The molecule has 1 aromatic rings. The molecule has 1 aromatic carbocycles. The van der Waals surface area contributed by atoms with Crippen LogP contribution in [-0.2, 0) is 12.8 Å². The molecule has 0 heterocycles. The third-order valence-electron chi connectivity index (χ3n) is 3.97. The normalized spacial score (nSPS) is 16.2. The lowest BCUT2D eigenvalue weighted by molar-refractivity contribution is 0.286. The molecule has 1 atom stereocenters. The highest BCUT2D eigenvalue weighted by atomic mass is 16.5. The average molecular weight is 272 g/mol. The van der Waals surface area contributed by atoms with Gasteiger partial charge in [0, 0.05) is 0 Å². The fraction of sp³-hybridized carbons (Fsp3) is 0.588. The number of ether oxygens (including phenoxy) is 1. The Morgan fingerprint density at radius 2 is 2.15 bits per heavy atom. The van der Waals surface area contributed by atoms with Gasteiger partial charge >= 0.3 is 0 Å². The van der Waals surface area contributed by atoms with E-state index in [0.717, 1.165) is 25.1 Å². The number of nitrogens with zero attached hydrogens (tertiary/aromatic N) is 1. The van der Waals surface area contributed by atoms with Crippen LogP contribution in [-0.4, -0.2) is 18.7 Å². The molecule has 3 heteroatoms. The minimum absolute atomic E-state index is 0.434. The van der Waals surface area contributed by atoms with E-state index in [9.17, 15) is 5.26 Å². The highest BCUT2D eigenvalue weighted by Gasteiger charge is 2.21. The molecule has 0 saturated heterocycles. The molecular formula is C17H24N2O. The SMILES string of the molecule is CCNC(C)(C#N)CCCOc1ccc2c(c1)CCC2. The molecule has 1 unspecified atom stereocenters. The summed E-state index contributed by atoms with van der Waals surface area (Å²) in [5.41, 5.74) is 2.48. The minimum Gasteiger partial charge on any atom is -0.494 e. The summed E-state index contributed by atoms with van der Waals surface area (Å²) in [7, 11) is 0. The van der Waals surface area contributed by atoms with Crippen LogP contribution in [0.25, 0.3) is 0 Å². The standard InChI is InChI=1S/C17H24N2O/c1-3-19-17(2,13-18)10-5-11-20-16-9-8-14-6-4-7-15(14)12-16/h8-9,12,19H,3-7,10-11H2,1-2H3. The van der Waals surface area contributed by atoms with Crippen molar-refractivity contribution in [3.05, 3.63) is 29.3 Å². The summed E-state index contributed by atoms with van der Waals surface area (Å²) in [5.74, 6) is 0.966. The second-order valence-corrected chi connectivity index (χ2v) is 5.71. The van der Waals surface area contributed by atoms with Crippen molar-refractivity contribution in [2.45, 2.75) is 51.5 Å². The van der Waals surface area contributed by atoms with Crippen LogP contribution < -0.4 is 10.1 Å².